The molecule has 1 saturated carbocycles. The van der Waals surface area contributed by atoms with Crippen molar-refractivity contribution in [1.82, 2.24) is 20.1 Å². The first kappa shape index (κ1) is 24.4. The zero-order valence-electron chi connectivity index (χ0n) is 21.5. The van der Waals surface area contributed by atoms with Gasteiger partial charge in [0.05, 0.1) is 13.2 Å². The number of hydrogen-bond donors (Lipinski definition) is 2. The van der Waals surface area contributed by atoms with Gasteiger partial charge in [-0.1, -0.05) is 30.9 Å². The van der Waals surface area contributed by atoms with Gasteiger partial charge in [0.15, 0.2) is 0 Å². The number of amides is 3. The molecule has 7 heteroatoms. The molecular weight excluding hydrogens is 452 g/mol. The van der Waals surface area contributed by atoms with Crippen molar-refractivity contribution in [3.63, 3.8) is 0 Å². The van der Waals surface area contributed by atoms with Crippen molar-refractivity contribution in [1.29, 1.82) is 0 Å². The first-order valence-electron chi connectivity index (χ1n) is 12.9. The summed E-state index contributed by atoms with van der Waals surface area (Å²) in [7, 11) is 1.65. The molecule has 2 fully saturated rings. The van der Waals surface area contributed by atoms with Crippen LogP contribution >= 0.6 is 0 Å². The number of fused-ring (bicyclic) bond motifs is 4. The third kappa shape index (κ3) is 4.05. The lowest BCUT2D eigenvalue weighted by molar-refractivity contribution is -0.133. The van der Waals surface area contributed by atoms with Crippen LogP contribution in [0.3, 0.4) is 0 Å². The predicted molar refractivity (Wildman–Crippen MR) is 142 cm³/mol. The van der Waals surface area contributed by atoms with Crippen LogP contribution in [0.2, 0.25) is 0 Å². The van der Waals surface area contributed by atoms with E-state index in [1.165, 1.54) is 17.7 Å². The number of carbonyl (C=O) groups excluding carboxylic acids is 2. The molecular formula is C29H36N4O3. The van der Waals surface area contributed by atoms with Crippen LogP contribution in [0.4, 0.5) is 4.79 Å². The summed E-state index contributed by atoms with van der Waals surface area (Å²) in [6, 6.07) is 5.30. The number of ether oxygens (including phenoxy) is 1. The van der Waals surface area contributed by atoms with E-state index in [4.69, 9.17) is 4.74 Å². The first-order chi connectivity index (χ1) is 17.4. The monoisotopic (exact) mass is 488 g/mol. The summed E-state index contributed by atoms with van der Waals surface area (Å²) in [5.74, 6) is 1.45. The standard InChI is InChI=1S/C29H36N4O3/c1-5-7-9-20(6-2)26-25-23(22-16-21(36-4)12-13-24(22)31-25)17-29(3)27(34)32(28(35)33(26)29)15-8-14-30-18-19-10-11-19/h5-7,9,12-13,16,19,26,30-31H,1,8,10-11,14-15,17-18H2,2-4H3/b9-7-,20-6+/t26-,29+/m1/s1. The summed E-state index contributed by atoms with van der Waals surface area (Å²) in [4.78, 5) is 34.6. The molecule has 3 amide bonds. The molecule has 5 rings (SSSR count). The van der Waals surface area contributed by atoms with Crippen LogP contribution in [-0.2, 0) is 11.2 Å². The number of nitrogens with one attached hydrogen (secondary N) is 2. The van der Waals surface area contributed by atoms with Gasteiger partial charge in [-0.25, -0.2) is 4.79 Å². The van der Waals surface area contributed by atoms with Gasteiger partial charge in [-0.3, -0.25) is 14.6 Å². The number of allylic oxidation sites excluding steroid dienone is 3. The number of rotatable bonds is 10. The second-order valence-electron chi connectivity index (χ2n) is 10.3. The molecule has 2 aliphatic heterocycles. The molecule has 1 aliphatic carbocycles. The molecule has 2 atom stereocenters. The van der Waals surface area contributed by atoms with Crippen molar-refractivity contribution in [2.75, 3.05) is 26.7 Å². The van der Waals surface area contributed by atoms with Crippen molar-refractivity contribution >= 4 is 22.8 Å². The highest BCUT2D eigenvalue weighted by atomic mass is 16.5. The highest BCUT2D eigenvalue weighted by Crippen LogP contribution is 2.49. The van der Waals surface area contributed by atoms with Gasteiger partial charge in [-0.15, -0.1) is 0 Å². The molecule has 2 N–H and O–H groups in total. The average molecular weight is 489 g/mol. The number of H-pyrrole nitrogens is 1. The quantitative estimate of drug-likeness (QED) is 0.284. The lowest BCUT2D eigenvalue weighted by Crippen LogP contribution is -2.53. The molecule has 0 spiro atoms. The molecule has 0 radical (unpaired) electrons. The van der Waals surface area contributed by atoms with E-state index in [2.05, 4.69) is 16.9 Å². The number of hydrogen-bond acceptors (Lipinski definition) is 4. The number of imide groups is 1. The maximum Gasteiger partial charge on any atom is 0.328 e. The van der Waals surface area contributed by atoms with Crippen LogP contribution in [0.5, 0.6) is 5.75 Å². The summed E-state index contributed by atoms with van der Waals surface area (Å²) in [6.45, 7) is 9.94. The number of methoxy groups -OCH3 is 1. The minimum Gasteiger partial charge on any atom is -0.497 e. The van der Waals surface area contributed by atoms with Crippen molar-refractivity contribution in [2.45, 2.75) is 51.1 Å². The van der Waals surface area contributed by atoms with E-state index >= 15 is 0 Å². The summed E-state index contributed by atoms with van der Waals surface area (Å²) < 4.78 is 5.49. The Bertz CT molecular complexity index is 1250. The Morgan fingerprint density at radius 3 is 2.83 bits per heavy atom. The number of benzene rings is 1. The summed E-state index contributed by atoms with van der Waals surface area (Å²) in [6.07, 6.45) is 11.4. The van der Waals surface area contributed by atoms with Crippen molar-refractivity contribution in [3.05, 3.63) is 65.9 Å². The molecule has 3 aliphatic rings. The Hall–Kier alpha value is -3.32. The van der Waals surface area contributed by atoms with Crippen molar-refractivity contribution in [3.8, 4) is 5.75 Å². The maximum atomic E-state index is 13.9. The van der Waals surface area contributed by atoms with Gasteiger partial charge in [-0.05, 0) is 81.5 Å². The third-order valence-electron chi connectivity index (χ3n) is 7.81. The van der Waals surface area contributed by atoms with Crippen LogP contribution in [0.15, 0.2) is 54.7 Å². The smallest absolute Gasteiger partial charge is 0.328 e. The van der Waals surface area contributed by atoms with E-state index in [9.17, 15) is 9.59 Å². The highest BCUT2D eigenvalue weighted by molar-refractivity contribution is 6.08. The van der Waals surface area contributed by atoms with Gasteiger partial charge in [0.1, 0.15) is 11.3 Å². The first-order valence-corrected chi connectivity index (χ1v) is 12.9. The fraction of sp³-hybridized carbons (Fsp3) is 0.448. The fourth-order valence-corrected chi connectivity index (χ4v) is 5.68. The normalized spacial score (nSPS) is 24.1. The number of carbonyl (C=O) groups is 2. The highest BCUT2D eigenvalue weighted by Gasteiger charge is 2.60. The lowest BCUT2D eigenvalue weighted by atomic mass is 9.80. The molecule has 0 unspecified atom stereocenters. The summed E-state index contributed by atoms with van der Waals surface area (Å²) >= 11 is 0. The molecule has 2 aromatic rings. The van der Waals surface area contributed by atoms with Gasteiger partial charge >= 0.3 is 6.03 Å². The minimum absolute atomic E-state index is 0.120. The van der Waals surface area contributed by atoms with Crippen LogP contribution < -0.4 is 10.1 Å². The molecule has 7 nitrogen and oxygen atoms in total. The molecule has 1 saturated heterocycles. The van der Waals surface area contributed by atoms with E-state index in [1.807, 2.05) is 50.3 Å². The SMILES string of the molecule is C=C/C=C\C(=C/C)[C@@H]1c2[nH]c3ccc(OC)cc3c2C[C@@]2(C)C(=O)N(CCCNCC3CC3)C(=O)N12. The molecule has 1 aromatic carbocycles. The second-order valence-corrected chi connectivity index (χ2v) is 10.3. The molecule has 190 valence electrons. The van der Waals surface area contributed by atoms with Gasteiger partial charge in [0.25, 0.3) is 5.91 Å². The molecule has 0 bridgehead atoms. The Morgan fingerprint density at radius 1 is 1.33 bits per heavy atom. The Balaban J connectivity index is 1.53. The van der Waals surface area contributed by atoms with Crippen molar-refractivity contribution < 1.29 is 14.3 Å². The third-order valence-corrected chi connectivity index (χ3v) is 7.81. The summed E-state index contributed by atoms with van der Waals surface area (Å²) in [5.41, 5.74) is 2.96. The maximum absolute atomic E-state index is 13.9. The fourth-order valence-electron chi connectivity index (χ4n) is 5.68. The van der Waals surface area contributed by atoms with Gasteiger partial charge in [0, 0.05) is 29.6 Å². The van der Waals surface area contributed by atoms with Gasteiger partial charge in [-0.2, -0.15) is 0 Å². The number of urea groups is 1. The van der Waals surface area contributed by atoms with Crippen LogP contribution in [0.25, 0.3) is 10.9 Å². The van der Waals surface area contributed by atoms with E-state index < -0.39 is 11.6 Å². The van der Waals surface area contributed by atoms with E-state index in [1.54, 1.807) is 18.1 Å². The zero-order valence-corrected chi connectivity index (χ0v) is 21.5. The lowest BCUT2D eigenvalue weighted by Gasteiger charge is -2.42. The Morgan fingerprint density at radius 2 is 2.14 bits per heavy atom. The van der Waals surface area contributed by atoms with Crippen LogP contribution in [-0.4, -0.2) is 59.0 Å². The Labute approximate surface area is 212 Å². The van der Waals surface area contributed by atoms with Crippen LogP contribution in [0.1, 0.15) is 50.4 Å². The molecule has 3 heterocycles. The predicted octanol–water partition coefficient (Wildman–Crippen LogP) is 4.87. The second kappa shape index (κ2) is 9.62. The number of nitrogens with zero attached hydrogens (tertiary/aromatic N) is 2. The van der Waals surface area contributed by atoms with E-state index in [0.717, 1.165) is 58.9 Å². The molecule has 36 heavy (non-hydrogen) atoms. The van der Waals surface area contributed by atoms with Gasteiger partial charge < -0.3 is 15.0 Å². The van der Waals surface area contributed by atoms with Crippen molar-refractivity contribution in [2.24, 2.45) is 5.92 Å². The van der Waals surface area contributed by atoms with E-state index in [-0.39, 0.29) is 11.9 Å². The summed E-state index contributed by atoms with van der Waals surface area (Å²) in [5, 5.41) is 4.50. The number of aromatic amines is 1. The molecule has 1 aromatic heterocycles. The van der Waals surface area contributed by atoms with Crippen LogP contribution in [0, 0.1) is 5.92 Å². The minimum atomic E-state index is -0.968. The number of aromatic nitrogens is 1. The Kier molecular flexibility index (Phi) is 6.51. The zero-order chi connectivity index (χ0) is 25.4. The average Bonchev–Trinajstić information content (AvgIpc) is 3.61. The topological polar surface area (TPSA) is 77.7 Å². The van der Waals surface area contributed by atoms with E-state index in [0.29, 0.717) is 13.0 Å². The largest absolute Gasteiger partial charge is 0.497 e. The van der Waals surface area contributed by atoms with Gasteiger partial charge in [0.2, 0.25) is 0 Å².